The van der Waals surface area contributed by atoms with Gasteiger partial charge in [0.25, 0.3) is 0 Å². The van der Waals surface area contributed by atoms with Crippen LogP contribution in [0.3, 0.4) is 0 Å². The fourth-order valence-electron chi connectivity index (χ4n) is 2.46. The molecule has 2 atom stereocenters. The normalized spacial score (nSPS) is 39.8. The molecule has 0 amide bonds. The van der Waals surface area contributed by atoms with Crippen LogP contribution < -0.4 is 5.73 Å². The summed E-state index contributed by atoms with van der Waals surface area (Å²) in [5.41, 5.74) is 6.20. The van der Waals surface area contributed by atoms with Crippen LogP contribution in [0.25, 0.3) is 0 Å². The van der Waals surface area contributed by atoms with E-state index in [-0.39, 0.29) is 5.54 Å². The predicted octanol–water partition coefficient (Wildman–Crippen LogP) is -0.260. The molecule has 0 bridgehead atoms. The predicted molar refractivity (Wildman–Crippen MR) is 60.9 cm³/mol. The largest absolute Gasteiger partial charge is 0.379 e. The highest BCUT2D eigenvalue weighted by Gasteiger charge is 2.34. The van der Waals surface area contributed by atoms with Gasteiger partial charge in [-0.1, -0.05) is 0 Å². The Morgan fingerprint density at radius 2 is 2.27 bits per heavy atom. The van der Waals surface area contributed by atoms with Gasteiger partial charge in [-0.3, -0.25) is 4.90 Å². The van der Waals surface area contributed by atoms with Crippen molar-refractivity contribution in [3.8, 4) is 0 Å². The summed E-state index contributed by atoms with van der Waals surface area (Å²) in [7, 11) is 2.19. The number of hydrogen-bond donors (Lipinski definition) is 1. The van der Waals surface area contributed by atoms with E-state index in [1.807, 2.05) is 0 Å². The molecule has 4 nitrogen and oxygen atoms in total. The highest BCUT2D eigenvalue weighted by molar-refractivity contribution is 4.92. The molecule has 2 rings (SSSR count). The maximum Gasteiger partial charge on any atom is 0.0659 e. The van der Waals surface area contributed by atoms with E-state index in [4.69, 9.17) is 10.5 Å². The smallest absolute Gasteiger partial charge is 0.0659 e. The molecule has 0 saturated carbocycles. The minimum atomic E-state index is -0.0877. The van der Waals surface area contributed by atoms with Crippen molar-refractivity contribution in [3.05, 3.63) is 0 Å². The fourth-order valence-corrected chi connectivity index (χ4v) is 2.46. The Morgan fingerprint density at radius 3 is 2.87 bits per heavy atom. The van der Waals surface area contributed by atoms with Gasteiger partial charge in [0.15, 0.2) is 0 Å². The Balaban J connectivity index is 1.84. The first-order valence-corrected chi connectivity index (χ1v) is 5.88. The van der Waals surface area contributed by atoms with E-state index in [1.165, 1.54) is 0 Å². The molecule has 0 spiro atoms. The second kappa shape index (κ2) is 4.37. The third-order valence-corrected chi connectivity index (χ3v) is 3.72. The summed E-state index contributed by atoms with van der Waals surface area (Å²) < 4.78 is 5.39. The van der Waals surface area contributed by atoms with Gasteiger partial charge in [0.05, 0.1) is 12.1 Å². The van der Waals surface area contributed by atoms with E-state index in [0.29, 0.717) is 6.04 Å². The maximum absolute atomic E-state index is 6.29. The Labute approximate surface area is 92.4 Å². The second-order valence-electron chi connectivity index (χ2n) is 5.23. The summed E-state index contributed by atoms with van der Waals surface area (Å²) in [6, 6.07) is 0.643. The monoisotopic (exact) mass is 213 g/mol. The van der Waals surface area contributed by atoms with Crippen molar-refractivity contribution in [3.63, 3.8) is 0 Å². The van der Waals surface area contributed by atoms with Crippen LogP contribution in [-0.4, -0.2) is 67.8 Å². The highest BCUT2D eigenvalue weighted by Crippen LogP contribution is 2.18. The first-order chi connectivity index (χ1) is 7.09. The number of rotatable bonds is 2. The fraction of sp³-hybridized carbons (Fsp3) is 1.00. The average molecular weight is 213 g/mol. The minimum Gasteiger partial charge on any atom is -0.379 e. The summed E-state index contributed by atoms with van der Waals surface area (Å²) in [6.07, 6.45) is 1.01. The molecule has 2 N–H and O–H groups in total. The topological polar surface area (TPSA) is 41.7 Å². The van der Waals surface area contributed by atoms with Crippen molar-refractivity contribution >= 4 is 0 Å². The zero-order valence-corrected chi connectivity index (χ0v) is 9.91. The van der Waals surface area contributed by atoms with Crippen LogP contribution in [-0.2, 0) is 4.74 Å². The van der Waals surface area contributed by atoms with Crippen molar-refractivity contribution in [1.82, 2.24) is 9.80 Å². The molecule has 88 valence electrons. The first kappa shape index (κ1) is 11.3. The van der Waals surface area contributed by atoms with Crippen molar-refractivity contribution in [1.29, 1.82) is 0 Å². The molecule has 2 fully saturated rings. The summed E-state index contributed by atoms with van der Waals surface area (Å²) in [4.78, 5) is 4.89. The summed E-state index contributed by atoms with van der Waals surface area (Å²) in [5, 5.41) is 0. The van der Waals surface area contributed by atoms with Crippen molar-refractivity contribution in [2.24, 2.45) is 5.73 Å². The summed E-state index contributed by atoms with van der Waals surface area (Å²) in [5.74, 6) is 0. The van der Waals surface area contributed by atoms with E-state index in [0.717, 1.165) is 45.8 Å². The molecule has 0 aromatic heterocycles. The number of nitrogens with zero attached hydrogens (tertiary/aromatic N) is 2. The quantitative estimate of drug-likeness (QED) is 0.686. The third kappa shape index (κ3) is 2.69. The van der Waals surface area contributed by atoms with Crippen LogP contribution in [0.4, 0.5) is 0 Å². The molecule has 0 aliphatic carbocycles. The summed E-state index contributed by atoms with van der Waals surface area (Å²) >= 11 is 0. The maximum atomic E-state index is 6.29. The zero-order chi connectivity index (χ0) is 10.9. The standard InChI is InChI=1S/C11H23N3O/c1-10-7-14(5-4-13(10)2)8-11(12)3-6-15-9-11/h10H,3-9,12H2,1-2H3. The van der Waals surface area contributed by atoms with Crippen molar-refractivity contribution in [2.45, 2.75) is 24.9 Å². The minimum absolute atomic E-state index is 0.0877. The number of ether oxygens (including phenoxy) is 1. The molecule has 0 aromatic rings. The van der Waals surface area contributed by atoms with Crippen LogP contribution in [0.5, 0.6) is 0 Å². The molecule has 2 saturated heterocycles. The summed E-state index contributed by atoms with van der Waals surface area (Å²) in [6.45, 7) is 8.26. The molecule has 2 aliphatic heterocycles. The molecule has 2 heterocycles. The van der Waals surface area contributed by atoms with Crippen LogP contribution in [0, 0.1) is 0 Å². The number of piperazine rings is 1. The van der Waals surface area contributed by atoms with E-state index in [2.05, 4.69) is 23.8 Å². The lowest BCUT2D eigenvalue weighted by Crippen LogP contribution is -2.57. The second-order valence-corrected chi connectivity index (χ2v) is 5.23. The van der Waals surface area contributed by atoms with E-state index in [1.54, 1.807) is 0 Å². The van der Waals surface area contributed by atoms with Gasteiger partial charge in [0, 0.05) is 38.8 Å². The number of likely N-dealkylation sites (N-methyl/N-ethyl adjacent to an activating group) is 1. The van der Waals surface area contributed by atoms with E-state index in [9.17, 15) is 0 Å². The Morgan fingerprint density at radius 1 is 1.47 bits per heavy atom. The van der Waals surface area contributed by atoms with Crippen LogP contribution in [0.2, 0.25) is 0 Å². The van der Waals surface area contributed by atoms with Gasteiger partial charge >= 0.3 is 0 Å². The Kier molecular flexibility index (Phi) is 3.30. The number of nitrogens with two attached hydrogens (primary N) is 1. The lowest BCUT2D eigenvalue weighted by molar-refractivity contribution is 0.0807. The molecular formula is C11H23N3O. The van der Waals surface area contributed by atoms with E-state index >= 15 is 0 Å². The lowest BCUT2D eigenvalue weighted by atomic mass is 9.99. The van der Waals surface area contributed by atoms with E-state index < -0.39 is 0 Å². The van der Waals surface area contributed by atoms with Crippen LogP contribution in [0.15, 0.2) is 0 Å². The third-order valence-electron chi connectivity index (χ3n) is 3.72. The van der Waals surface area contributed by atoms with Gasteiger partial charge < -0.3 is 15.4 Å². The van der Waals surface area contributed by atoms with Crippen LogP contribution in [0.1, 0.15) is 13.3 Å². The Hall–Kier alpha value is -0.160. The van der Waals surface area contributed by atoms with Gasteiger partial charge in [0.1, 0.15) is 0 Å². The van der Waals surface area contributed by atoms with Gasteiger partial charge in [-0.05, 0) is 20.4 Å². The molecular weight excluding hydrogens is 190 g/mol. The lowest BCUT2D eigenvalue weighted by Gasteiger charge is -2.40. The van der Waals surface area contributed by atoms with Crippen LogP contribution >= 0.6 is 0 Å². The van der Waals surface area contributed by atoms with Gasteiger partial charge in [0.2, 0.25) is 0 Å². The first-order valence-electron chi connectivity index (χ1n) is 5.88. The Bertz CT molecular complexity index is 216. The van der Waals surface area contributed by atoms with Crippen molar-refractivity contribution < 1.29 is 4.74 Å². The highest BCUT2D eigenvalue weighted by atomic mass is 16.5. The number of hydrogen-bond acceptors (Lipinski definition) is 4. The van der Waals surface area contributed by atoms with Gasteiger partial charge in [-0.2, -0.15) is 0 Å². The van der Waals surface area contributed by atoms with Gasteiger partial charge in [-0.15, -0.1) is 0 Å². The molecule has 2 aliphatic rings. The molecule has 2 unspecified atom stereocenters. The molecule has 0 aromatic carbocycles. The zero-order valence-electron chi connectivity index (χ0n) is 9.91. The van der Waals surface area contributed by atoms with Gasteiger partial charge in [-0.25, -0.2) is 0 Å². The molecule has 15 heavy (non-hydrogen) atoms. The SMILES string of the molecule is CC1CN(CC2(N)CCOC2)CCN1C. The molecule has 0 radical (unpaired) electrons. The molecule has 4 heteroatoms. The van der Waals surface area contributed by atoms with Crippen molar-refractivity contribution in [2.75, 3.05) is 46.4 Å². The average Bonchev–Trinajstić information content (AvgIpc) is 2.59.